The van der Waals surface area contributed by atoms with E-state index in [0.717, 1.165) is 23.9 Å². The van der Waals surface area contributed by atoms with E-state index in [1.165, 1.54) is 11.8 Å². The summed E-state index contributed by atoms with van der Waals surface area (Å²) >= 11 is 4.20. The zero-order valence-electron chi connectivity index (χ0n) is 13.1. The number of aromatic hydroxyl groups is 1. The van der Waals surface area contributed by atoms with E-state index in [1.807, 2.05) is 30.3 Å². The predicted molar refractivity (Wildman–Crippen MR) is 99.4 cm³/mol. The molecule has 0 atom stereocenters. The zero-order valence-corrected chi connectivity index (χ0v) is 15.5. The Kier molecular flexibility index (Phi) is 6.92. The summed E-state index contributed by atoms with van der Waals surface area (Å²) in [5.41, 5.74) is 6.76. The van der Waals surface area contributed by atoms with Crippen LogP contribution in [0, 0.1) is 0 Å². The molecule has 0 saturated heterocycles. The van der Waals surface area contributed by atoms with Crippen LogP contribution in [0.1, 0.15) is 11.1 Å². The molecule has 0 spiro atoms. The van der Waals surface area contributed by atoms with Crippen molar-refractivity contribution in [1.82, 2.24) is 0 Å². The monoisotopic (exact) mass is 447 g/mol. The van der Waals surface area contributed by atoms with Crippen molar-refractivity contribution in [3.63, 3.8) is 0 Å². The van der Waals surface area contributed by atoms with Gasteiger partial charge in [-0.2, -0.15) is 5.10 Å². The molecule has 26 heavy (non-hydrogen) atoms. The van der Waals surface area contributed by atoms with Crippen LogP contribution < -0.4 is 10.5 Å². The molecule has 0 aliphatic carbocycles. The van der Waals surface area contributed by atoms with Gasteiger partial charge >= 0.3 is 6.36 Å². The van der Waals surface area contributed by atoms with E-state index < -0.39 is 12.1 Å². The summed E-state index contributed by atoms with van der Waals surface area (Å²) in [7, 11) is 0. The summed E-state index contributed by atoms with van der Waals surface area (Å²) in [6.45, 7) is 0. The summed E-state index contributed by atoms with van der Waals surface area (Å²) in [6, 6.07) is 11.6. The van der Waals surface area contributed by atoms with Crippen LogP contribution in [0.3, 0.4) is 0 Å². The molecule has 138 valence electrons. The minimum Gasteiger partial charge on any atom is -0.506 e. The van der Waals surface area contributed by atoms with E-state index in [-0.39, 0.29) is 21.0 Å². The van der Waals surface area contributed by atoms with Crippen molar-refractivity contribution in [2.75, 3.05) is 0 Å². The number of hydrogen-bond donors (Lipinski definition) is 2. The first-order chi connectivity index (χ1) is 12.2. The number of halogens is 4. The third-order valence-corrected chi connectivity index (χ3v) is 4.34. The van der Waals surface area contributed by atoms with E-state index in [0.29, 0.717) is 5.75 Å². The van der Waals surface area contributed by atoms with E-state index in [4.69, 9.17) is 5.73 Å². The number of rotatable bonds is 5. The number of thioether (sulfide) groups is 1. The van der Waals surface area contributed by atoms with Crippen LogP contribution in [-0.4, -0.2) is 22.9 Å². The number of phenols is 1. The van der Waals surface area contributed by atoms with Gasteiger partial charge in [-0.15, -0.1) is 18.3 Å². The summed E-state index contributed by atoms with van der Waals surface area (Å²) in [4.78, 5) is 0. The molecule has 0 aromatic heterocycles. The third-order valence-electron chi connectivity index (χ3n) is 2.88. The minimum atomic E-state index is -4.85. The number of nitrogens with zero attached hydrogens (tertiary/aromatic N) is 2. The lowest BCUT2D eigenvalue weighted by molar-refractivity contribution is -0.274. The average molecular weight is 448 g/mol. The first-order valence-corrected chi connectivity index (χ1v) is 8.84. The molecule has 0 amide bonds. The van der Waals surface area contributed by atoms with Crippen LogP contribution in [0.2, 0.25) is 0 Å². The standard InChI is InChI=1S/C16H13BrF3N3O2S/c17-13-7-12(25-16(18,19)20)6-11(14(13)24)8-22-23-15(21)26-9-10-4-2-1-3-5-10/h1-8,24H,9H2,(H2,21,23). The Labute approximate surface area is 159 Å². The second-order valence-corrected chi connectivity index (χ2v) is 6.70. The summed E-state index contributed by atoms with van der Waals surface area (Å²) < 4.78 is 40.8. The number of benzene rings is 2. The molecular weight excluding hydrogens is 435 g/mol. The highest BCUT2D eigenvalue weighted by Crippen LogP contribution is 2.34. The molecule has 0 heterocycles. The number of ether oxygens (including phenoxy) is 1. The number of alkyl halides is 3. The lowest BCUT2D eigenvalue weighted by atomic mass is 10.2. The van der Waals surface area contributed by atoms with Gasteiger partial charge in [-0.1, -0.05) is 42.1 Å². The second-order valence-electron chi connectivity index (χ2n) is 4.85. The predicted octanol–water partition coefficient (Wildman–Crippen LogP) is 4.64. The topological polar surface area (TPSA) is 80.2 Å². The van der Waals surface area contributed by atoms with Gasteiger partial charge in [0.25, 0.3) is 0 Å². The molecule has 10 heteroatoms. The van der Waals surface area contributed by atoms with E-state index >= 15 is 0 Å². The molecule has 0 aliphatic rings. The van der Waals surface area contributed by atoms with Gasteiger partial charge in [-0.3, -0.25) is 0 Å². The number of amidine groups is 1. The lowest BCUT2D eigenvalue weighted by Crippen LogP contribution is -2.17. The number of phenolic OH excluding ortho intramolecular Hbond substituents is 1. The molecule has 0 radical (unpaired) electrons. The molecule has 0 fully saturated rings. The molecule has 2 aromatic carbocycles. The molecule has 2 rings (SSSR count). The Bertz CT molecular complexity index is 814. The molecule has 3 N–H and O–H groups in total. The van der Waals surface area contributed by atoms with E-state index in [9.17, 15) is 18.3 Å². The molecule has 0 unspecified atom stereocenters. The van der Waals surface area contributed by atoms with Crippen LogP contribution in [0.4, 0.5) is 13.2 Å². The van der Waals surface area contributed by atoms with E-state index in [2.05, 4.69) is 30.9 Å². The largest absolute Gasteiger partial charge is 0.573 e. The van der Waals surface area contributed by atoms with Crippen molar-refractivity contribution >= 4 is 39.1 Å². The molecule has 0 saturated carbocycles. The highest BCUT2D eigenvalue weighted by Gasteiger charge is 2.31. The Morgan fingerprint density at radius 3 is 2.62 bits per heavy atom. The van der Waals surface area contributed by atoms with Crippen LogP contribution >= 0.6 is 27.7 Å². The quantitative estimate of drug-likeness (QED) is 0.397. The molecular formula is C16H13BrF3N3O2S. The average Bonchev–Trinajstić information content (AvgIpc) is 2.56. The van der Waals surface area contributed by atoms with Crippen molar-refractivity contribution < 1.29 is 23.0 Å². The van der Waals surface area contributed by atoms with Gasteiger partial charge in [0.05, 0.1) is 10.7 Å². The van der Waals surface area contributed by atoms with Gasteiger partial charge in [-0.05, 0) is 33.6 Å². The summed E-state index contributed by atoms with van der Waals surface area (Å²) in [6.07, 6.45) is -3.76. The van der Waals surface area contributed by atoms with Crippen molar-refractivity contribution in [3.05, 3.63) is 58.1 Å². The van der Waals surface area contributed by atoms with E-state index in [1.54, 1.807) is 0 Å². The van der Waals surface area contributed by atoms with Crippen molar-refractivity contribution in [3.8, 4) is 11.5 Å². The lowest BCUT2D eigenvalue weighted by Gasteiger charge is -2.10. The Morgan fingerprint density at radius 2 is 1.96 bits per heavy atom. The molecule has 5 nitrogen and oxygen atoms in total. The van der Waals surface area contributed by atoms with Crippen molar-refractivity contribution in [1.29, 1.82) is 0 Å². The summed E-state index contributed by atoms with van der Waals surface area (Å²) in [5.74, 6) is -0.203. The summed E-state index contributed by atoms with van der Waals surface area (Å²) in [5, 5.41) is 17.5. The highest BCUT2D eigenvalue weighted by molar-refractivity contribution is 9.10. The molecule has 2 aromatic rings. The fourth-order valence-electron chi connectivity index (χ4n) is 1.79. The first-order valence-electron chi connectivity index (χ1n) is 7.06. The second kappa shape index (κ2) is 8.95. The Balaban J connectivity index is 2.06. The highest BCUT2D eigenvalue weighted by atomic mass is 79.9. The molecule has 0 aliphatic heterocycles. The normalized spacial score (nSPS) is 12.5. The minimum absolute atomic E-state index is 0.0109. The maximum Gasteiger partial charge on any atom is 0.573 e. The molecule has 0 bridgehead atoms. The van der Waals surface area contributed by atoms with Gasteiger partial charge in [0.15, 0.2) is 5.17 Å². The smallest absolute Gasteiger partial charge is 0.506 e. The van der Waals surface area contributed by atoms with Crippen LogP contribution in [-0.2, 0) is 5.75 Å². The number of hydrogen-bond acceptors (Lipinski definition) is 5. The Hall–Kier alpha value is -2.20. The van der Waals surface area contributed by atoms with Gasteiger partial charge in [0.1, 0.15) is 11.5 Å². The van der Waals surface area contributed by atoms with Crippen LogP contribution in [0.25, 0.3) is 0 Å². The fraction of sp³-hybridized carbons (Fsp3) is 0.125. The Morgan fingerprint density at radius 1 is 1.27 bits per heavy atom. The van der Waals surface area contributed by atoms with Crippen LogP contribution in [0.15, 0.2) is 57.1 Å². The maximum absolute atomic E-state index is 12.3. The van der Waals surface area contributed by atoms with Gasteiger partial charge in [-0.25, -0.2) is 0 Å². The fourth-order valence-corrected chi connectivity index (χ4v) is 2.86. The van der Waals surface area contributed by atoms with Gasteiger partial charge in [0.2, 0.25) is 0 Å². The SMILES string of the molecule is NC(=NN=Cc1cc(OC(F)(F)F)cc(Br)c1O)SCc1ccccc1. The van der Waals surface area contributed by atoms with Crippen molar-refractivity contribution in [2.45, 2.75) is 12.1 Å². The van der Waals surface area contributed by atoms with Gasteiger partial charge < -0.3 is 15.6 Å². The van der Waals surface area contributed by atoms with Crippen molar-refractivity contribution in [2.24, 2.45) is 15.9 Å². The van der Waals surface area contributed by atoms with Gasteiger partial charge in [0, 0.05) is 11.3 Å². The zero-order chi connectivity index (χ0) is 19.2. The third kappa shape index (κ3) is 6.60. The maximum atomic E-state index is 12.3. The number of nitrogens with two attached hydrogens (primary N) is 1. The first kappa shape index (κ1) is 20.1. The van der Waals surface area contributed by atoms with Crippen LogP contribution in [0.5, 0.6) is 11.5 Å².